The molecular weight excluding hydrogens is 385 g/mol. The van der Waals surface area contributed by atoms with Gasteiger partial charge in [0.05, 0.1) is 6.54 Å². The summed E-state index contributed by atoms with van der Waals surface area (Å²) in [5.74, 6) is -0.910. The highest BCUT2D eigenvalue weighted by Gasteiger charge is 2.11. The maximum absolute atomic E-state index is 13.0. The van der Waals surface area contributed by atoms with Crippen LogP contribution >= 0.6 is 11.6 Å². The van der Waals surface area contributed by atoms with Crippen LogP contribution in [-0.4, -0.2) is 15.0 Å². The zero-order valence-corrected chi connectivity index (χ0v) is 15.7. The number of carbonyl (C=O) groups excluding carboxylic acids is 1. The van der Waals surface area contributed by atoms with Gasteiger partial charge in [0.15, 0.2) is 0 Å². The summed E-state index contributed by atoms with van der Waals surface area (Å²) in [5, 5.41) is 3.11. The van der Waals surface area contributed by atoms with E-state index in [0.29, 0.717) is 16.3 Å². The Morgan fingerprint density at radius 2 is 1.82 bits per heavy atom. The Morgan fingerprint density at radius 1 is 1.11 bits per heavy atom. The number of benzene rings is 2. The van der Waals surface area contributed by atoms with Crippen LogP contribution in [0.25, 0.3) is 0 Å². The predicted molar refractivity (Wildman–Crippen MR) is 105 cm³/mol. The molecule has 1 amide bonds. The van der Waals surface area contributed by atoms with Crippen LogP contribution in [-0.2, 0) is 17.9 Å². The molecule has 28 heavy (non-hydrogen) atoms. The van der Waals surface area contributed by atoms with Gasteiger partial charge in [-0.05, 0) is 42.3 Å². The lowest BCUT2D eigenvalue weighted by Gasteiger charge is -2.11. The highest BCUT2D eigenvalue weighted by Crippen LogP contribution is 2.19. The van der Waals surface area contributed by atoms with E-state index in [2.05, 4.69) is 5.32 Å². The van der Waals surface area contributed by atoms with Crippen molar-refractivity contribution < 1.29 is 9.18 Å². The number of hydrogen-bond acceptors (Lipinski definition) is 3. The molecule has 0 aliphatic carbocycles. The summed E-state index contributed by atoms with van der Waals surface area (Å²) < 4.78 is 15.1. The van der Waals surface area contributed by atoms with E-state index >= 15 is 0 Å². The predicted octanol–water partition coefficient (Wildman–Crippen LogP) is 2.80. The molecule has 6 nitrogen and oxygen atoms in total. The number of carbonyl (C=O) groups is 1. The highest BCUT2D eigenvalue weighted by molar-refractivity contribution is 6.31. The molecule has 0 spiro atoms. The average molecular weight is 402 g/mol. The average Bonchev–Trinajstić information content (AvgIpc) is 2.66. The Kier molecular flexibility index (Phi) is 5.75. The van der Waals surface area contributed by atoms with E-state index in [1.807, 2.05) is 6.92 Å². The Labute approximate surface area is 164 Å². The van der Waals surface area contributed by atoms with Gasteiger partial charge < -0.3 is 5.32 Å². The number of aromatic nitrogens is 2. The molecule has 3 rings (SSSR count). The van der Waals surface area contributed by atoms with Gasteiger partial charge in [-0.15, -0.1) is 0 Å². The van der Waals surface area contributed by atoms with Gasteiger partial charge in [-0.25, -0.2) is 9.18 Å². The van der Waals surface area contributed by atoms with Crippen LogP contribution in [0, 0.1) is 12.7 Å². The molecule has 3 aromatic rings. The number of nitrogens with zero attached hydrogens (tertiary/aromatic N) is 2. The lowest BCUT2D eigenvalue weighted by Crippen LogP contribution is -2.41. The number of amides is 1. The van der Waals surface area contributed by atoms with Crippen molar-refractivity contribution in [1.29, 1.82) is 0 Å². The van der Waals surface area contributed by atoms with Crippen molar-refractivity contribution in [3.63, 3.8) is 0 Å². The number of rotatable bonds is 5. The first-order valence-corrected chi connectivity index (χ1v) is 8.82. The van der Waals surface area contributed by atoms with E-state index < -0.39 is 23.7 Å². The standard InChI is InChI=1S/C20H17ClFN3O3/c1-13-2-7-16(10-17(13)21)23-18(26)12-25-19(27)8-9-24(20(25)28)11-14-3-5-15(22)6-4-14/h2-10H,11-12H2,1H3,(H,23,26). The number of anilines is 1. The molecule has 0 saturated heterocycles. The summed E-state index contributed by atoms with van der Waals surface area (Å²) in [4.78, 5) is 37.0. The first-order chi connectivity index (χ1) is 13.3. The van der Waals surface area contributed by atoms with Gasteiger partial charge in [-0.1, -0.05) is 29.8 Å². The molecule has 1 aromatic heterocycles. The normalized spacial score (nSPS) is 10.7. The number of hydrogen-bond donors (Lipinski definition) is 1. The van der Waals surface area contributed by atoms with Crippen molar-refractivity contribution in [2.75, 3.05) is 5.32 Å². The van der Waals surface area contributed by atoms with Crippen LogP contribution in [0.1, 0.15) is 11.1 Å². The lowest BCUT2D eigenvalue weighted by atomic mass is 10.2. The molecular formula is C20H17ClFN3O3. The summed E-state index contributed by atoms with van der Waals surface area (Å²) >= 11 is 6.03. The van der Waals surface area contributed by atoms with Gasteiger partial charge in [0.2, 0.25) is 5.91 Å². The Hall–Kier alpha value is -3.19. The van der Waals surface area contributed by atoms with Crippen LogP contribution in [0.2, 0.25) is 5.02 Å². The number of aryl methyl sites for hydroxylation is 1. The van der Waals surface area contributed by atoms with Gasteiger partial charge in [0, 0.05) is 23.0 Å². The summed E-state index contributed by atoms with van der Waals surface area (Å²) in [7, 11) is 0. The largest absolute Gasteiger partial charge is 0.331 e. The summed E-state index contributed by atoms with van der Waals surface area (Å²) in [6.45, 7) is 1.54. The van der Waals surface area contributed by atoms with E-state index in [1.54, 1.807) is 30.3 Å². The summed E-state index contributed by atoms with van der Waals surface area (Å²) in [6.07, 6.45) is 1.35. The van der Waals surface area contributed by atoms with E-state index in [-0.39, 0.29) is 12.4 Å². The first-order valence-electron chi connectivity index (χ1n) is 8.44. The fraction of sp³-hybridized carbons (Fsp3) is 0.150. The zero-order valence-electron chi connectivity index (χ0n) is 15.0. The van der Waals surface area contributed by atoms with Gasteiger partial charge in [0.1, 0.15) is 12.4 Å². The van der Waals surface area contributed by atoms with Crippen LogP contribution in [0.15, 0.2) is 64.3 Å². The summed E-state index contributed by atoms with van der Waals surface area (Å²) in [5.41, 5.74) is 0.803. The number of nitrogens with one attached hydrogen (secondary N) is 1. The third-order valence-electron chi connectivity index (χ3n) is 4.16. The van der Waals surface area contributed by atoms with Crippen LogP contribution in [0.4, 0.5) is 10.1 Å². The molecule has 0 aliphatic heterocycles. The molecule has 8 heteroatoms. The first kappa shape index (κ1) is 19.6. The zero-order chi connectivity index (χ0) is 20.3. The minimum Gasteiger partial charge on any atom is -0.324 e. The second-order valence-corrected chi connectivity index (χ2v) is 6.70. The monoisotopic (exact) mass is 401 g/mol. The fourth-order valence-electron chi connectivity index (χ4n) is 2.62. The van der Waals surface area contributed by atoms with Crippen molar-refractivity contribution in [3.05, 3.63) is 97.5 Å². The Morgan fingerprint density at radius 3 is 2.50 bits per heavy atom. The van der Waals surface area contributed by atoms with Gasteiger partial charge in [-0.2, -0.15) is 0 Å². The van der Waals surface area contributed by atoms with Crippen molar-refractivity contribution >= 4 is 23.2 Å². The van der Waals surface area contributed by atoms with Gasteiger partial charge >= 0.3 is 5.69 Å². The molecule has 0 atom stereocenters. The highest BCUT2D eigenvalue weighted by atomic mass is 35.5. The molecule has 0 saturated carbocycles. The molecule has 0 fully saturated rings. The second kappa shape index (κ2) is 8.22. The molecule has 0 aliphatic rings. The fourth-order valence-corrected chi connectivity index (χ4v) is 2.80. The number of halogens is 2. The van der Waals surface area contributed by atoms with E-state index in [1.165, 1.54) is 29.0 Å². The lowest BCUT2D eigenvalue weighted by molar-refractivity contribution is -0.116. The topological polar surface area (TPSA) is 73.1 Å². The maximum atomic E-state index is 13.0. The van der Waals surface area contributed by atoms with Crippen molar-refractivity contribution in [3.8, 4) is 0 Å². The molecule has 1 heterocycles. The van der Waals surface area contributed by atoms with E-state index in [9.17, 15) is 18.8 Å². The van der Waals surface area contributed by atoms with Crippen molar-refractivity contribution in [2.24, 2.45) is 0 Å². The Bertz CT molecular complexity index is 1140. The molecule has 0 radical (unpaired) electrons. The van der Waals surface area contributed by atoms with E-state index in [4.69, 9.17) is 11.6 Å². The second-order valence-electron chi connectivity index (χ2n) is 6.29. The van der Waals surface area contributed by atoms with Crippen LogP contribution in [0.5, 0.6) is 0 Å². The SMILES string of the molecule is Cc1ccc(NC(=O)Cn2c(=O)ccn(Cc3ccc(F)cc3)c2=O)cc1Cl. The maximum Gasteiger partial charge on any atom is 0.331 e. The quantitative estimate of drug-likeness (QED) is 0.714. The van der Waals surface area contributed by atoms with Crippen molar-refractivity contribution in [2.45, 2.75) is 20.0 Å². The molecule has 144 valence electrons. The third kappa shape index (κ3) is 4.55. The van der Waals surface area contributed by atoms with Crippen molar-refractivity contribution in [1.82, 2.24) is 9.13 Å². The smallest absolute Gasteiger partial charge is 0.324 e. The minimum atomic E-state index is -0.631. The van der Waals surface area contributed by atoms with E-state index in [0.717, 1.165) is 10.1 Å². The third-order valence-corrected chi connectivity index (χ3v) is 4.57. The molecule has 0 bridgehead atoms. The molecule has 1 N–H and O–H groups in total. The molecule has 0 unspecified atom stereocenters. The van der Waals surface area contributed by atoms with Crippen LogP contribution < -0.4 is 16.6 Å². The molecule has 2 aromatic carbocycles. The van der Waals surface area contributed by atoms with Gasteiger partial charge in [0.25, 0.3) is 5.56 Å². The minimum absolute atomic E-state index is 0.147. The van der Waals surface area contributed by atoms with Gasteiger partial charge in [-0.3, -0.25) is 18.7 Å². The van der Waals surface area contributed by atoms with Crippen LogP contribution in [0.3, 0.4) is 0 Å². The Balaban J connectivity index is 1.80. The summed E-state index contributed by atoms with van der Waals surface area (Å²) in [6, 6.07) is 11.9.